The first kappa shape index (κ1) is 12.9. The summed E-state index contributed by atoms with van der Waals surface area (Å²) >= 11 is 0. The van der Waals surface area contributed by atoms with Crippen LogP contribution in [0.15, 0.2) is 30.5 Å². The molecule has 1 aromatic carbocycles. The van der Waals surface area contributed by atoms with Crippen molar-refractivity contribution in [3.05, 3.63) is 47.3 Å². The van der Waals surface area contributed by atoms with E-state index in [9.17, 15) is 4.79 Å². The maximum absolute atomic E-state index is 11.1. The number of aromatic nitrogens is 2. The second-order valence-electron chi connectivity index (χ2n) is 5.14. The molecule has 1 atom stereocenters. The zero-order valence-electron chi connectivity index (χ0n) is 11.1. The van der Waals surface area contributed by atoms with Crippen LogP contribution in [-0.4, -0.2) is 27.4 Å². The van der Waals surface area contributed by atoms with E-state index in [4.69, 9.17) is 10.8 Å². The molecule has 1 aromatic heterocycles. The zero-order valence-corrected chi connectivity index (χ0v) is 11.1. The van der Waals surface area contributed by atoms with Gasteiger partial charge >= 0.3 is 5.97 Å². The molecule has 3 rings (SSSR count). The van der Waals surface area contributed by atoms with Crippen molar-refractivity contribution in [1.82, 2.24) is 9.78 Å². The molecule has 5 heteroatoms. The molecule has 1 heterocycles. The van der Waals surface area contributed by atoms with Crippen molar-refractivity contribution in [2.45, 2.75) is 25.2 Å². The van der Waals surface area contributed by atoms with Gasteiger partial charge in [0.25, 0.3) is 0 Å². The Morgan fingerprint density at radius 1 is 1.50 bits per heavy atom. The number of hydrogen-bond acceptors (Lipinski definition) is 3. The SMILES string of the molecule is NCC1CCCc2c1cnn2-c1cccc(C(=O)O)c1. The molecule has 0 saturated carbocycles. The number of rotatable bonds is 3. The van der Waals surface area contributed by atoms with Gasteiger partial charge in [-0.2, -0.15) is 5.10 Å². The number of hydrogen-bond donors (Lipinski definition) is 2. The van der Waals surface area contributed by atoms with Gasteiger partial charge in [-0.3, -0.25) is 0 Å². The number of carbonyl (C=O) groups is 1. The largest absolute Gasteiger partial charge is 0.478 e. The number of aromatic carboxylic acids is 1. The lowest BCUT2D eigenvalue weighted by molar-refractivity contribution is 0.0697. The Kier molecular flexibility index (Phi) is 3.28. The minimum absolute atomic E-state index is 0.276. The van der Waals surface area contributed by atoms with E-state index in [0.29, 0.717) is 12.5 Å². The molecule has 5 nitrogen and oxygen atoms in total. The Hall–Kier alpha value is -2.14. The lowest BCUT2D eigenvalue weighted by atomic mass is 9.87. The van der Waals surface area contributed by atoms with Gasteiger partial charge < -0.3 is 10.8 Å². The van der Waals surface area contributed by atoms with Gasteiger partial charge in [0.2, 0.25) is 0 Å². The van der Waals surface area contributed by atoms with Gasteiger partial charge in [0.05, 0.1) is 17.4 Å². The molecule has 2 aromatic rings. The third-order valence-corrected chi connectivity index (χ3v) is 3.93. The topological polar surface area (TPSA) is 81.1 Å². The molecule has 0 aliphatic heterocycles. The summed E-state index contributed by atoms with van der Waals surface area (Å²) in [6, 6.07) is 6.87. The predicted octanol–water partition coefficient (Wildman–Crippen LogP) is 1.95. The average molecular weight is 271 g/mol. The van der Waals surface area contributed by atoms with Crippen molar-refractivity contribution in [3.8, 4) is 5.69 Å². The summed E-state index contributed by atoms with van der Waals surface area (Å²) in [4.78, 5) is 11.1. The lowest BCUT2D eigenvalue weighted by Crippen LogP contribution is -2.18. The Balaban J connectivity index is 2.05. The highest BCUT2D eigenvalue weighted by Crippen LogP contribution is 2.32. The van der Waals surface area contributed by atoms with Crippen molar-refractivity contribution in [1.29, 1.82) is 0 Å². The van der Waals surface area contributed by atoms with Gasteiger partial charge in [-0.05, 0) is 55.5 Å². The second-order valence-corrected chi connectivity index (χ2v) is 5.14. The van der Waals surface area contributed by atoms with E-state index in [1.165, 1.54) is 5.56 Å². The van der Waals surface area contributed by atoms with Crippen molar-refractivity contribution >= 4 is 5.97 Å². The molecule has 1 aliphatic rings. The Labute approximate surface area is 117 Å². The lowest BCUT2D eigenvalue weighted by Gasteiger charge is -2.21. The standard InChI is InChI=1S/C15H17N3O2/c16-8-11-4-2-6-14-13(11)9-17-18(14)12-5-1-3-10(7-12)15(19)20/h1,3,5,7,9,11H,2,4,6,8,16H2,(H,19,20). The Morgan fingerprint density at radius 3 is 3.10 bits per heavy atom. The zero-order chi connectivity index (χ0) is 14.1. The van der Waals surface area contributed by atoms with Crippen LogP contribution in [0.4, 0.5) is 0 Å². The number of nitrogens with two attached hydrogens (primary N) is 1. The minimum Gasteiger partial charge on any atom is -0.478 e. The van der Waals surface area contributed by atoms with E-state index in [2.05, 4.69) is 5.10 Å². The molecular formula is C15H17N3O2. The molecule has 0 amide bonds. The summed E-state index contributed by atoms with van der Waals surface area (Å²) in [6.07, 6.45) is 5.03. The predicted molar refractivity (Wildman–Crippen MR) is 75.3 cm³/mol. The van der Waals surface area contributed by atoms with Crippen LogP contribution >= 0.6 is 0 Å². The monoisotopic (exact) mass is 271 g/mol. The summed E-state index contributed by atoms with van der Waals surface area (Å²) < 4.78 is 1.85. The number of carboxylic acid groups (broad SMARTS) is 1. The second kappa shape index (κ2) is 5.09. The van der Waals surface area contributed by atoms with Gasteiger partial charge in [-0.15, -0.1) is 0 Å². The van der Waals surface area contributed by atoms with Gasteiger partial charge in [-0.1, -0.05) is 6.07 Å². The molecule has 0 saturated heterocycles. The van der Waals surface area contributed by atoms with Crippen LogP contribution < -0.4 is 5.73 Å². The summed E-state index contributed by atoms with van der Waals surface area (Å²) in [6.45, 7) is 0.633. The van der Waals surface area contributed by atoms with Crippen LogP contribution in [0.2, 0.25) is 0 Å². The molecule has 0 radical (unpaired) electrons. The van der Waals surface area contributed by atoms with Gasteiger partial charge in [0.1, 0.15) is 0 Å². The van der Waals surface area contributed by atoms with Crippen LogP contribution in [0.5, 0.6) is 0 Å². The highest BCUT2D eigenvalue weighted by molar-refractivity contribution is 5.88. The number of fused-ring (bicyclic) bond motifs is 1. The number of nitrogens with zero attached hydrogens (tertiary/aromatic N) is 2. The highest BCUT2D eigenvalue weighted by Gasteiger charge is 2.23. The first-order valence-corrected chi connectivity index (χ1v) is 6.81. The molecule has 20 heavy (non-hydrogen) atoms. The molecule has 1 aliphatic carbocycles. The maximum atomic E-state index is 11.1. The molecular weight excluding hydrogens is 254 g/mol. The smallest absolute Gasteiger partial charge is 0.335 e. The third-order valence-electron chi connectivity index (χ3n) is 3.93. The number of carboxylic acids is 1. The minimum atomic E-state index is -0.923. The first-order valence-electron chi connectivity index (χ1n) is 6.81. The van der Waals surface area contributed by atoms with Crippen molar-refractivity contribution in [2.75, 3.05) is 6.54 Å². The summed E-state index contributed by atoms with van der Waals surface area (Å²) in [7, 11) is 0. The summed E-state index contributed by atoms with van der Waals surface area (Å²) in [5, 5.41) is 13.5. The fourth-order valence-electron chi connectivity index (χ4n) is 2.89. The van der Waals surface area contributed by atoms with Gasteiger partial charge in [0, 0.05) is 5.69 Å². The average Bonchev–Trinajstić information content (AvgIpc) is 2.91. The van der Waals surface area contributed by atoms with E-state index in [0.717, 1.165) is 30.6 Å². The molecule has 104 valence electrons. The van der Waals surface area contributed by atoms with Gasteiger partial charge in [0.15, 0.2) is 0 Å². The summed E-state index contributed by atoms with van der Waals surface area (Å²) in [5.41, 5.74) is 9.26. The Morgan fingerprint density at radius 2 is 2.35 bits per heavy atom. The fourth-order valence-corrected chi connectivity index (χ4v) is 2.89. The van der Waals surface area contributed by atoms with Crippen LogP contribution in [0.1, 0.15) is 40.4 Å². The molecule has 1 unspecified atom stereocenters. The van der Waals surface area contributed by atoms with Crippen LogP contribution in [0, 0.1) is 0 Å². The highest BCUT2D eigenvalue weighted by atomic mass is 16.4. The van der Waals surface area contributed by atoms with Crippen LogP contribution in [0.3, 0.4) is 0 Å². The maximum Gasteiger partial charge on any atom is 0.335 e. The number of benzene rings is 1. The molecule has 3 N–H and O–H groups in total. The molecule has 0 bridgehead atoms. The van der Waals surface area contributed by atoms with Crippen molar-refractivity contribution in [3.63, 3.8) is 0 Å². The molecule has 0 fully saturated rings. The van der Waals surface area contributed by atoms with E-state index in [1.54, 1.807) is 18.2 Å². The van der Waals surface area contributed by atoms with Crippen LogP contribution in [0.25, 0.3) is 5.69 Å². The normalized spacial score (nSPS) is 17.8. The van der Waals surface area contributed by atoms with Crippen LogP contribution in [-0.2, 0) is 6.42 Å². The van der Waals surface area contributed by atoms with E-state index >= 15 is 0 Å². The molecule has 0 spiro atoms. The summed E-state index contributed by atoms with van der Waals surface area (Å²) in [5.74, 6) is -0.553. The van der Waals surface area contributed by atoms with Gasteiger partial charge in [-0.25, -0.2) is 9.48 Å². The fraction of sp³-hybridized carbons (Fsp3) is 0.333. The van der Waals surface area contributed by atoms with Crippen molar-refractivity contribution in [2.24, 2.45) is 5.73 Å². The van der Waals surface area contributed by atoms with E-state index in [-0.39, 0.29) is 5.56 Å². The Bertz CT molecular complexity index is 648. The van der Waals surface area contributed by atoms with E-state index in [1.807, 2.05) is 16.9 Å². The van der Waals surface area contributed by atoms with E-state index < -0.39 is 5.97 Å². The first-order chi connectivity index (χ1) is 9.70. The third kappa shape index (κ3) is 2.10. The quantitative estimate of drug-likeness (QED) is 0.894. The van der Waals surface area contributed by atoms with Crippen molar-refractivity contribution < 1.29 is 9.90 Å².